The van der Waals surface area contributed by atoms with Crippen molar-refractivity contribution >= 4 is 32.7 Å². The average molecular weight is 350 g/mol. The van der Waals surface area contributed by atoms with Gasteiger partial charge in [-0.05, 0) is 22.9 Å². The first-order valence-electron chi connectivity index (χ1n) is 7.35. The summed E-state index contributed by atoms with van der Waals surface area (Å²) in [5.41, 5.74) is 0. The van der Waals surface area contributed by atoms with E-state index in [1.807, 2.05) is 24.3 Å². The molecule has 128 valence electrons. The molecule has 0 radical (unpaired) electrons. The van der Waals surface area contributed by atoms with Crippen molar-refractivity contribution in [1.82, 2.24) is 10.0 Å². The number of carboxylic acid groups (broad SMARTS) is 1. The Morgan fingerprint density at radius 2 is 1.67 bits per heavy atom. The SMILES string of the molecule is O=C(O)CCNC(=O)CCNS(=O)(=O)c1ccc2ccccc2c1. The molecule has 0 unspecified atom stereocenters. The number of fused-ring (bicyclic) bond motifs is 1. The highest BCUT2D eigenvalue weighted by molar-refractivity contribution is 7.89. The van der Waals surface area contributed by atoms with Crippen molar-refractivity contribution in [3.63, 3.8) is 0 Å². The van der Waals surface area contributed by atoms with Gasteiger partial charge in [0.25, 0.3) is 0 Å². The summed E-state index contributed by atoms with van der Waals surface area (Å²) < 4.78 is 26.8. The predicted octanol–water partition coefficient (Wildman–Crippen LogP) is 1.10. The van der Waals surface area contributed by atoms with Gasteiger partial charge in [-0.15, -0.1) is 0 Å². The van der Waals surface area contributed by atoms with Crippen LogP contribution < -0.4 is 10.0 Å². The van der Waals surface area contributed by atoms with Crippen molar-refractivity contribution in [1.29, 1.82) is 0 Å². The van der Waals surface area contributed by atoms with E-state index in [0.29, 0.717) is 0 Å². The quantitative estimate of drug-likeness (QED) is 0.660. The van der Waals surface area contributed by atoms with E-state index in [0.717, 1.165) is 10.8 Å². The molecule has 0 aliphatic heterocycles. The lowest BCUT2D eigenvalue weighted by Crippen LogP contribution is -2.31. The average Bonchev–Trinajstić information content (AvgIpc) is 2.54. The molecule has 0 bridgehead atoms. The largest absolute Gasteiger partial charge is 0.481 e. The smallest absolute Gasteiger partial charge is 0.305 e. The second-order valence-corrected chi connectivity index (χ2v) is 6.92. The number of hydrogen-bond acceptors (Lipinski definition) is 4. The molecule has 0 atom stereocenters. The van der Waals surface area contributed by atoms with E-state index in [9.17, 15) is 18.0 Å². The molecular formula is C16H18N2O5S. The van der Waals surface area contributed by atoms with Crippen LogP contribution in [0.5, 0.6) is 0 Å². The Balaban J connectivity index is 1.90. The maximum absolute atomic E-state index is 12.2. The van der Waals surface area contributed by atoms with Crippen molar-refractivity contribution in [2.75, 3.05) is 13.1 Å². The fourth-order valence-electron chi connectivity index (χ4n) is 2.11. The molecule has 0 aliphatic rings. The summed E-state index contributed by atoms with van der Waals surface area (Å²) in [6.07, 6.45) is -0.235. The zero-order valence-corrected chi connectivity index (χ0v) is 13.7. The molecule has 0 heterocycles. The number of nitrogens with one attached hydrogen (secondary N) is 2. The lowest BCUT2D eigenvalue weighted by molar-refractivity contribution is -0.136. The van der Waals surface area contributed by atoms with Crippen LogP contribution in [0.25, 0.3) is 10.8 Å². The Morgan fingerprint density at radius 1 is 0.958 bits per heavy atom. The highest BCUT2D eigenvalue weighted by Gasteiger charge is 2.14. The van der Waals surface area contributed by atoms with E-state index in [-0.39, 0.29) is 30.8 Å². The van der Waals surface area contributed by atoms with E-state index < -0.39 is 21.9 Å². The fraction of sp³-hybridized carbons (Fsp3) is 0.250. The van der Waals surface area contributed by atoms with Gasteiger partial charge in [-0.1, -0.05) is 30.3 Å². The monoisotopic (exact) mass is 350 g/mol. The Hall–Kier alpha value is -2.45. The first-order chi connectivity index (χ1) is 11.4. The summed E-state index contributed by atoms with van der Waals surface area (Å²) in [5, 5.41) is 12.6. The summed E-state index contributed by atoms with van der Waals surface area (Å²) >= 11 is 0. The summed E-state index contributed by atoms with van der Waals surface area (Å²) in [6, 6.07) is 12.2. The molecule has 2 aromatic rings. The predicted molar refractivity (Wildman–Crippen MR) is 89.0 cm³/mol. The van der Waals surface area contributed by atoms with Crippen molar-refractivity contribution in [2.24, 2.45) is 0 Å². The van der Waals surface area contributed by atoms with Crippen molar-refractivity contribution in [2.45, 2.75) is 17.7 Å². The molecule has 0 saturated heterocycles. The maximum Gasteiger partial charge on any atom is 0.305 e. The normalized spacial score (nSPS) is 11.3. The van der Waals surface area contributed by atoms with E-state index >= 15 is 0 Å². The molecule has 2 aromatic carbocycles. The number of amides is 1. The van der Waals surface area contributed by atoms with E-state index in [1.54, 1.807) is 12.1 Å². The van der Waals surface area contributed by atoms with Gasteiger partial charge in [0.1, 0.15) is 0 Å². The lowest BCUT2D eigenvalue weighted by Gasteiger charge is -2.08. The van der Waals surface area contributed by atoms with Crippen LogP contribution in [-0.4, -0.2) is 38.5 Å². The number of hydrogen-bond donors (Lipinski definition) is 3. The van der Waals surface area contributed by atoms with Gasteiger partial charge in [-0.3, -0.25) is 9.59 Å². The number of benzene rings is 2. The zero-order valence-electron chi connectivity index (χ0n) is 12.9. The van der Waals surface area contributed by atoms with Crippen LogP contribution in [0.4, 0.5) is 0 Å². The van der Waals surface area contributed by atoms with E-state index in [4.69, 9.17) is 5.11 Å². The summed E-state index contributed by atoms with van der Waals surface area (Å²) in [4.78, 5) is 21.9. The molecule has 1 amide bonds. The van der Waals surface area contributed by atoms with Crippen molar-refractivity contribution < 1.29 is 23.1 Å². The minimum atomic E-state index is -3.71. The number of sulfonamides is 1. The summed E-state index contributed by atoms with van der Waals surface area (Å²) in [7, 11) is -3.71. The summed E-state index contributed by atoms with van der Waals surface area (Å²) in [6.45, 7) is -0.0420. The summed E-state index contributed by atoms with van der Waals surface area (Å²) in [5.74, 6) is -1.41. The van der Waals surface area contributed by atoms with Crippen LogP contribution in [0.15, 0.2) is 47.4 Å². The molecule has 8 heteroatoms. The van der Waals surface area contributed by atoms with Crippen LogP contribution in [-0.2, 0) is 19.6 Å². The van der Waals surface area contributed by atoms with E-state index in [2.05, 4.69) is 10.0 Å². The second-order valence-electron chi connectivity index (χ2n) is 5.15. The standard InChI is InChI=1S/C16H18N2O5S/c19-15(17-9-8-16(20)21)7-10-18-24(22,23)14-6-5-12-3-1-2-4-13(12)11-14/h1-6,11,18H,7-10H2,(H,17,19)(H,20,21). The number of rotatable bonds is 8. The second kappa shape index (κ2) is 7.89. The molecule has 0 saturated carbocycles. The molecule has 24 heavy (non-hydrogen) atoms. The highest BCUT2D eigenvalue weighted by atomic mass is 32.2. The Labute approximate surface area is 139 Å². The minimum Gasteiger partial charge on any atom is -0.481 e. The Morgan fingerprint density at radius 3 is 2.38 bits per heavy atom. The van der Waals surface area contributed by atoms with Gasteiger partial charge in [0.15, 0.2) is 0 Å². The van der Waals surface area contributed by atoms with Gasteiger partial charge < -0.3 is 10.4 Å². The number of aliphatic carboxylic acids is 1. The van der Waals surface area contributed by atoms with Crippen LogP contribution in [0.1, 0.15) is 12.8 Å². The molecular weight excluding hydrogens is 332 g/mol. The van der Waals surface area contributed by atoms with Crippen LogP contribution >= 0.6 is 0 Å². The van der Waals surface area contributed by atoms with E-state index in [1.165, 1.54) is 6.07 Å². The molecule has 0 aliphatic carbocycles. The van der Waals surface area contributed by atoms with Gasteiger partial charge in [0.2, 0.25) is 15.9 Å². The third-order valence-electron chi connectivity index (χ3n) is 3.34. The topological polar surface area (TPSA) is 113 Å². The van der Waals surface area contributed by atoms with Crippen LogP contribution in [0, 0.1) is 0 Å². The molecule has 0 spiro atoms. The van der Waals surface area contributed by atoms with Crippen molar-refractivity contribution in [3.8, 4) is 0 Å². The van der Waals surface area contributed by atoms with Gasteiger partial charge >= 0.3 is 5.97 Å². The van der Waals surface area contributed by atoms with Crippen LogP contribution in [0.3, 0.4) is 0 Å². The molecule has 2 rings (SSSR count). The Kier molecular flexibility index (Phi) is 5.88. The van der Waals surface area contributed by atoms with Gasteiger partial charge in [-0.25, -0.2) is 13.1 Å². The lowest BCUT2D eigenvalue weighted by atomic mass is 10.1. The number of carboxylic acids is 1. The third-order valence-corrected chi connectivity index (χ3v) is 4.80. The first kappa shape index (κ1) is 17.9. The molecule has 3 N–H and O–H groups in total. The highest BCUT2D eigenvalue weighted by Crippen LogP contribution is 2.18. The van der Waals surface area contributed by atoms with Gasteiger partial charge in [-0.2, -0.15) is 0 Å². The number of carbonyl (C=O) groups is 2. The molecule has 0 aromatic heterocycles. The van der Waals surface area contributed by atoms with Crippen molar-refractivity contribution in [3.05, 3.63) is 42.5 Å². The first-order valence-corrected chi connectivity index (χ1v) is 8.84. The minimum absolute atomic E-state index is 0.0194. The zero-order chi connectivity index (χ0) is 17.6. The number of carbonyl (C=O) groups excluding carboxylic acids is 1. The fourth-order valence-corrected chi connectivity index (χ4v) is 3.18. The Bertz CT molecular complexity index is 848. The maximum atomic E-state index is 12.2. The van der Waals surface area contributed by atoms with Crippen LogP contribution in [0.2, 0.25) is 0 Å². The van der Waals surface area contributed by atoms with Gasteiger partial charge in [0.05, 0.1) is 11.3 Å². The molecule has 7 nitrogen and oxygen atoms in total. The third kappa shape index (κ3) is 5.04. The van der Waals surface area contributed by atoms with Gasteiger partial charge in [0, 0.05) is 19.5 Å². The molecule has 0 fully saturated rings.